The zero-order valence-electron chi connectivity index (χ0n) is 19.6. The Morgan fingerprint density at radius 3 is 2.66 bits per heavy atom. The van der Waals surface area contributed by atoms with Gasteiger partial charge in [0.25, 0.3) is 0 Å². The van der Waals surface area contributed by atoms with Crippen LogP contribution in [-0.2, 0) is 11.2 Å². The number of aromatic nitrogens is 4. The summed E-state index contributed by atoms with van der Waals surface area (Å²) < 4.78 is 49.4. The van der Waals surface area contributed by atoms with E-state index in [9.17, 15) is 13.2 Å². The molecule has 2 N–H and O–H groups in total. The van der Waals surface area contributed by atoms with Gasteiger partial charge < -0.3 is 10.5 Å². The monoisotopic (exact) mass is 484 g/mol. The molecule has 0 bridgehead atoms. The van der Waals surface area contributed by atoms with Gasteiger partial charge in [-0.1, -0.05) is 24.3 Å². The first-order valence-corrected chi connectivity index (χ1v) is 11.5. The van der Waals surface area contributed by atoms with Crippen molar-refractivity contribution in [3.63, 3.8) is 0 Å². The number of nitrogens with two attached hydrogens (primary N) is 1. The minimum absolute atomic E-state index is 0.117. The molecule has 4 aromatic rings. The van der Waals surface area contributed by atoms with Gasteiger partial charge in [-0.3, -0.25) is 9.30 Å². The highest BCUT2D eigenvalue weighted by molar-refractivity contribution is 5.81. The summed E-state index contributed by atoms with van der Waals surface area (Å²) in [5.41, 5.74) is 8.45. The van der Waals surface area contributed by atoms with Crippen LogP contribution in [0, 0.1) is 0 Å². The number of benzene rings is 1. The van der Waals surface area contributed by atoms with Gasteiger partial charge in [0, 0.05) is 37.3 Å². The fourth-order valence-electron chi connectivity index (χ4n) is 4.75. The maximum absolute atomic E-state index is 14.2. The lowest BCUT2D eigenvalue weighted by Gasteiger charge is -2.31. The molecule has 5 rings (SSSR count). The summed E-state index contributed by atoms with van der Waals surface area (Å²) in [7, 11) is 1.66. The van der Waals surface area contributed by atoms with Crippen molar-refractivity contribution >= 4 is 16.6 Å². The van der Waals surface area contributed by atoms with Crippen LogP contribution in [0.1, 0.15) is 30.5 Å². The molecule has 1 saturated heterocycles. The molecule has 0 amide bonds. The molecule has 0 aliphatic carbocycles. The third-order valence-electron chi connectivity index (χ3n) is 6.53. The number of rotatable bonds is 6. The Kier molecular flexibility index (Phi) is 5.98. The number of likely N-dealkylation sites (tertiary alicyclic amines) is 1. The molecule has 3 aromatic heterocycles. The Labute approximate surface area is 200 Å². The van der Waals surface area contributed by atoms with Crippen LogP contribution in [0.2, 0.25) is 0 Å². The van der Waals surface area contributed by atoms with Crippen LogP contribution < -0.4 is 5.73 Å². The van der Waals surface area contributed by atoms with Crippen molar-refractivity contribution in [1.29, 1.82) is 0 Å². The minimum Gasteiger partial charge on any atom is -0.384 e. The number of halogens is 3. The first-order chi connectivity index (χ1) is 16.6. The average Bonchev–Trinajstić information content (AvgIpc) is 3.38. The highest BCUT2D eigenvalue weighted by Crippen LogP contribution is 2.41. The van der Waals surface area contributed by atoms with Crippen LogP contribution in [0.25, 0.3) is 28.1 Å². The Morgan fingerprint density at radius 2 is 1.94 bits per heavy atom. The molecule has 1 aromatic carbocycles. The number of methoxy groups -OCH3 is 1. The number of pyridine rings is 2. The molecule has 1 aliphatic rings. The fraction of sp³-hybridized carbons (Fsp3) is 0.400. The number of hydrogen-bond donors (Lipinski definition) is 1. The van der Waals surface area contributed by atoms with Crippen LogP contribution in [0.3, 0.4) is 0 Å². The Balaban J connectivity index is 1.55. The van der Waals surface area contributed by atoms with Gasteiger partial charge in [0.15, 0.2) is 11.5 Å². The Hall–Kier alpha value is -3.08. The number of hydrogen-bond acceptors (Lipinski definition) is 6. The summed E-state index contributed by atoms with van der Waals surface area (Å²) in [6.07, 6.45) is -1.72. The third-order valence-corrected chi connectivity index (χ3v) is 6.53. The van der Waals surface area contributed by atoms with E-state index in [1.807, 2.05) is 30.3 Å². The molecule has 0 unspecified atom stereocenters. The fourth-order valence-corrected chi connectivity index (χ4v) is 4.75. The molecular weight excluding hydrogens is 457 g/mol. The van der Waals surface area contributed by atoms with E-state index in [0.29, 0.717) is 30.2 Å². The van der Waals surface area contributed by atoms with Gasteiger partial charge in [-0.15, -0.1) is 10.2 Å². The summed E-state index contributed by atoms with van der Waals surface area (Å²) in [6.45, 7) is 2.83. The molecule has 7 nitrogen and oxygen atoms in total. The van der Waals surface area contributed by atoms with E-state index in [1.165, 1.54) is 17.2 Å². The normalized spacial score (nSPS) is 20.2. The zero-order valence-corrected chi connectivity index (χ0v) is 19.6. The second-order valence-electron chi connectivity index (χ2n) is 9.50. The molecular formula is C25H27F3N6O. The lowest BCUT2D eigenvalue weighted by atomic mass is 10.0. The molecule has 184 valence electrons. The van der Waals surface area contributed by atoms with E-state index >= 15 is 0 Å². The first kappa shape index (κ1) is 23.7. The van der Waals surface area contributed by atoms with Crippen LogP contribution in [-0.4, -0.2) is 63.0 Å². The molecule has 10 heteroatoms. The van der Waals surface area contributed by atoms with Crippen molar-refractivity contribution in [3.8, 4) is 11.5 Å². The SMILES string of the molecule is COCCc1ccc2ccc(-c3nnc4ccc([C@H](N5CC[C@](C)(N)C5)C(F)(F)F)cn34)nc2c1. The highest BCUT2D eigenvalue weighted by atomic mass is 19.4. The molecule has 2 atom stereocenters. The van der Waals surface area contributed by atoms with Crippen LogP contribution in [0.15, 0.2) is 48.7 Å². The summed E-state index contributed by atoms with van der Waals surface area (Å²) in [5, 5.41) is 9.36. The van der Waals surface area contributed by atoms with Crippen molar-refractivity contribution in [2.75, 3.05) is 26.8 Å². The van der Waals surface area contributed by atoms with Crippen LogP contribution in [0.5, 0.6) is 0 Å². The summed E-state index contributed by atoms with van der Waals surface area (Å²) in [4.78, 5) is 6.15. The van der Waals surface area contributed by atoms with Crippen LogP contribution >= 0.6 is 0 Å². The zero-order chi connectivity index (χ0) is 24.8. The molecule has 35 heavy (non-hydrogen) atoms. The number of ether oxygens (including phenoxy) is 1. The van der Waals surface area contributed by atoms with Crippen molar-refractivity contribution < 1.29 is 17.9 Å². The van der Waals surface area contributed by atoms with Crippen molar-refractivity contribution in [2.45, 2.75) is 37.5 Å². The Bertz CT molecular complexity index is 1370. The molecule has 1 fully saturated rings. The van der Waals surface area contributed by atoms with Gasteiger partial charge in [-0.25, -0.2) is 4.98 Å². The van der Waals surface area contributed by atoms with E-state index in [4.69, 9.17) is 15.5 Å². The second kappa shape index (κ2) is 8.85. The van der Waals surface area contributed by atoms with Gasteiger partial charge in [0.05, 0.1) is 12.1 Å². The summed E-state index contributed by atoms with van der Waals surface area (Å²) in [6, 6.07) is 11.0. The van der Waals surface area contributed by atoms with Gasteiger partial charge in [0.1, 0.15) is 11.7 Å². The standard InChI is InChI=1S/C25H27F3N6O/c1-24(29)10-11-33(15-24)22(25(26,27)28)18-6-8-21-31-32-23(34(21)14-18)19-7-5-17-4-3-16(9-12-35-2)13-20(17)30-19/h3-8,13-14,22H,9-12,15,29H2,1-2H3/t22-,24-/m0/s1. The predicted molar refractivity (Wildman–Crippen MR) is 127 cm³/mol. The van der Waals surface area contributed by atoms with E-state index in [-0.39, 0.29) is 18.7 Å². The van der Waals surface area contributed by atoms with Crippen molar-refractivity contribution in [1.82, 2.24) is 24.5 Å². The third kappa shape index (κ3) is 4.73. The quantitative estimate of drug-likeness (QED) is 0.443. The lowest BCUT2D eigenvalue weighted by molar-refractivity contribution is -0.184. The number of alkyl halides is 3. The van der Waals surface area contributed by atoms with Gasteiger partial charge in [-0.05, 0) is 49.1 Å². The molecule has 0 radical (unpaired) electrons. The van der Waals surface area contributed by atoms with Crippen molar-refractivity contribution in [2.24, 2.45) is 5.73 Å². The summed E-state index contributed by atoms with van der Waals surface area (Å²) in [5.74, 6) is 0.386. The molecule has 0 saturated carbocycles. The van der Waals surface area contributed by atoms with E-state index < -0.39 is 17.8 Å². The van der Waals surface area contributed by atoms with Gasteiger partial charge in [0.2, 0.25) is 0 Å². The van der Waals surface area contributed by atoms with Gasteiger partial charge >= 0.3 is 6.18 Å². The van der Waals surface area contributed by atoms with Crippen molar-refractivity contribution in [3.05, 3.63) is 59.8 Å². The van der Waals surface area contributed by atoms with Crippen LogP contribution in [0.4, 0.5) is 13.2 Å². The van der Waals surface area contributed by atoms with E-state index in [2.05, 4.69) is 10.2 Å². The first-order valence-electron chi connectivity index (χ1n) is 11.5. The summed E-state index contributed by atoms with van der Waals surface area (Å²) >= 11 is 0. The van der Waals surface area contributed by atoms with E-state index in [1.54, 1.807) is 24.5 Å². The molecule has 4 heterocycles. The Morgan fingerprint density at radius 1 is 1.14 bits per heavy atom. The number of fused-ring (bicyclic) bond motifs is 2. The largest absolute Gasteiger partial charge is 0.408 e. The molecule has 1 aliphatic heterocycles. The minimum atomic E-state index is -4.46. The second-order valence-corrected chi connectivity index (χ2v) is 9.50. The lowest BCUT2D eigenvalue weighted by Crippen LogP contribution is -2.43. The average molecular weight is 485 g/mol. The molecule has 0 spiro atoms. The maximum atomic E-state index is 14.2. The van der Waals surface area contributed by atoms with Gasteiger partial charge in [-0.2, -0.15) is 13.2 Å². The highest BCUT2D eigenvalue weighted by Gasteiger charge is 2.48. The maximum Gasteiger partial charge on any atom is 0.408 e. The topological polar surface area (TPSA) is 81.6 Å². The predicted octanol–water partition coefficient (Wildman–Crippen LogP) is 4.16. The van der Waals surface area contributed by atoms with E-state index in [0.717, 1.165) is 22.9 Å². The smallest absolute Gasteiger partial charge is 0.384 e. The number of nitrogens with zero attached hydrogens (tertiary/aromatic N) is 5.